The van der Waals surface area contributed by atoms with Gasteiger partial charge in [-0.05, 0) is 36.1 Å². The summed E-state index contributed by atoms with van der Waals surface area (Å²) < 4.78 is 0. The van der Waals surface area contributed by atoms with Crippen molar-refractivity contribution in [3.8, 4) is 6.07 Å². The van der Waals surface area contributed by atoms with Gasteiger partial charge in [0.25, 0.3) is 0 Å². The van der Waals surface area contributed by atoms with Crippen LogP contribution in [0.25, 0.3) is 16.5 Å². The highest BCUT2D eigenvalue weighted by molar-refractivity contribution is 5.58. The smallest absolute Gasteiger partial charge is 0.0998 e. The van der Waals surface area contributed by atoms with Crippen molar-refractivity contribution in [1.82, 2.24) is 0 Å². The molecule has 0 heterocycles. The number of benzene rings is 1. The van der Waals surface area contributed by atoms with Gasteiger partial charge in [0, 0.05) is 11.5 Å². The van der Waals surface area contributed by atoms with Crippen molar-refractivity contribution < 1.29 is 0 Å². The zero-order valence-corrected chi connectivity index (χ0v) is 9.09. The Labute approximate surface area is 94.5 Å². The lowest BCUT2D eigenvalue weighted by molar-refractivity contribution is 0.995. The highest BCUT2D eigenvalue weighted by Gasteiger charge is 1.97. The molecular formula is C12H12N4. The Balaban J connectivity index is 2.73. The van der Waals surface area contributed by atoms with E-state index in [4.69, 9.17) is 10.8 Å². The van der Waals surface area contributed by atoms with Crippen LogP contribution in [-0.4, -0.2) is 6.54 Å². The van der Waals surface area contributed by atoms with E-state index in [1.54, 1.807) is 0 Å². The van der Waals surface area contributed by atoms with Crippen LogP contribution < -0.4 is 0 Å². The number of hydrogen-bond acceptors (Lipinski definition) is 2. The van der Waals surface area contributed by atoms with E-state index in [0.717, 1.165) is 11.1 Å². The molecule has 16 heavy (non-hydrogen) atoms. The van der Waals surface area contributed by atoms with Crippen molar-refractivity contribution in [2.45, 2.75) is 13.3 Å². The van der Waals surface area contributed by atoms with Crippen molar-refractivity contribution in [2.24, 2.45) is 5.11 Å². The molecule has 0 aliphatic carbocycles. The van der Waals surface area contributed by atoms with Crippen molar-refractivity contribution >= 4 is 6.08 Å². The Kier molecular flexibility index (Phi) is 4.65. The summed E-state index contributed by atoms with van der Waals surface area (Å²) in [6.45, 7) is 2.40. The van der Waals surface area contributed by atoms with Crippen molar-refractivity contribution in [3.05, 3.63) is 51.4 Å². The average molecular weight is 212 g/mol. The highest BCUT2D eigenvalue weighted by atomic mass is 15.1. The van der Waals surface area contributed by atoms with Gasteiger partial charge in [0.05, 0.1) is 11.6 Å². The molecule has 0 N–H and O–H groups in total. The van der Waals surface area contributed by atoms with Gasteiger partial charge >= 0.3 is 0 Å². The van der Waals surface area contributed by atoms with Gasteiger partial charge in [0.15, 0.2) is 0 Å². The zero-order chi connectivity index (χ0) is 11.8. The predicted molar refractivity (Wildman–Crippen MR) is 63.6 cm³/mol. The monoisotopic (exact) mass is 212 g/mol. The van der Waals surface area contributed by atoms with Gasteiger partial charge < -0.3 is 0 Å². The molecule has 4 heteroatoms. The molecule has 1 rings (SSSR count). The molecule has 0 aliphatic rings. The van der Waals surface area contributed by atoms with E-state index in [1.807, 2.05) is 37.3 Å². The number of hydrogen-bond donors (Lipinski definition) is 0. The van der Waals surface area contributed by atoms with Crippen molar-refractivity contribution in [2.75, 3.05) is 6.54 Å². The van der Waals surface area contributed by atoms with Gasteiger partial charge in [-0.25, -0.2) is 0 Å². The van der Waals surface area contributed by atoms with Crippen LogP contribution in [0.5, 0.6) is 0 Å². The van der Waals surface area contributed by atoms with Crippen LogP contribution in [-0.2, 0) is 0 Å². The highest BCUT2D eigenvalue weighted by Crippen LogP contribution is 2.12. The molecule has 0 saturated heterocycles. The number of nitrogens with zero attached hydrogens (tertiary/aromatic N) is 4. The van der Waals surface area contributed by atoms with E-state index in [0.29, 0.717) is 18.5 Å². The molecule has 0 amide bonds. The minimum atomic E-state index is 0.445. The third-order valence-electron chi connectivity index (χ3n) is 2.09. The van der Waals surface area contributed by atoms with Crippen LogP contribution in [0, 0.1) is 18.3 Å². The molecule has 0 aromatic heterocycles. The van der Waals surface area contributed by atoms with E-state index in [9.17, 15) is 0 Å². The fourth-order valence-corrected chi connectivity index (χ4v) is 1.30. The van der Waals surface area contributed by atoms with Gasteiger partial charge in [0.2, 0.25) is 0 Å². The van der Waals surface area contributed by atoms with E-state index in [-0.39, 0.29) is 0 Å². The molecule has 0 radical (unpaired) electrons. The lowest BCUT2D eigenvalue weighted by Crippen LogP contribution is -1.83. The number of aryl methyl sites for hydroxylation is 1. The topological polar surface area (TPSA) is 72.6 Å². The lowest BCUT2D eigenvalue weighted by Gasteiger charge is -1.98. The average Bonchev–Trinajstić information content (AvgIpc) is 2.30. The maximum Gasteiger partial charge on any atom is 0.0998 e. The summed E-state index contributed by atoms with van der Waals surface area (Å²) in [5, 5.41) is 12.4. The molecule has 0 saturated carbocycles. The van der Waals surface area contributed by atoms with E-state index < -0.39 is 0 Å². The predicted octanol–water partition coefficient (Wildman–Crippen LogP) is 3.58. The summed E-state index contributed by atoms with van der Waals surface area (Å²) in [5.41, 5.74) is 10.7. The number of azide groups is 1. The first-order chi connectivity index (χ1) is 7.77. The summed E-state index contributed by atoms with van der Waals surface area (Å²) in [7, 11) is 0. The van der Waals surface area contributed by atoms with Crippen molar-refractivity contribution in [1.29, 1.82) is 5.26 Å². The standard InChI is InChI=1S/C12H12N4/c1-10-5-6-11(12(8-10)9-13)4-2-3-7-15-16-14/h2,4-6,8H,3,7H2,1H3. The van der Waals surface area contributed by atoms with Crippen LogP contribution in [0.1, 0.15) is 23.1 Å². The normalized spacial score (nSPS) is 9.75. The largest absolute Gasteiger partial charge is 0.192 e. The van der Waals surface area contributed by atoms with Crippen LogP contribution in [0.2, 0.25) is 0 Å². The Hall–Kier alpha value is -2.24. The zero-order valence-electron chi connectivity index (χ0n) is 9.09. The maximum atomic E-state index is 8.93. The lowest BCUT2D eigenvalue weighted by atomic mass is 10.0. The fourth-order valence-electron chi connectivity index (χ4n) is 1.30. The third-order valence-corrected chi connectivity index (χ3v) is 2.09. The van der Waals surface area contributed by atoms with Gasteiger partial charge in [-0.15, -0.1) is 0 Å². The molecule has 0 atom stereocenters. The van der Waals surface area contributed by atoms with E-state index in [2.05, 4.69) is 16.1 Å². The Morgan fingerprint density at radius 3 is 3.06 bits per heavy atom. The minimum absolute atomic E-state index is 0.445. The van der Waals surface area contributed by atoms with Gasteiger partial charge in [0.1, 0.15) is 0 Å². The summed E-state index contributed by atoms with van der Waals surface area (Å²) in [6.07, 6.45) is 4.47. The van der Waals surface area contributed by atoms with Crippen LogP contribution in [0.15, 0.2) is 29.4 Å². The second kappa shape index (κ2) is 6.28. The second-order valence-corrected chi connectivity index (χ2v) is 3.35. The summed E-state index contributed by atoms with van der Waals surface area (Å²) in [6, 6.07) is 7.89. The third kappa shape index (κ3) is 3.49. The summed E-state index contributed by atoms with van der Waals surface area (Å²) in [5.74, 6) is 0. The first-order valence-corrected chi connectivity index (χ1v) is 4.96. The SMILES string of the molecule is Cc1ccc(C=CCCN=[N+]=[N-])c(C#N)c1. The molecular weight excluding hydrogens is 200 g/mol. The molecule has 0 aliphatic heterocycles. The quantitative estimate of drug-likeness (QED) is 0.325. The Morgan fingerprint density at radius 2 is 2.38 bits per heavy atom. The van der Waals surface area contributed by atoms with Crippen LogP contribution >= 0.6 is 0 Å². The first-order valence-electron chi connectivity index (χ1n) is 4.96. The maximum absolute atomic E-state index is 8.93. The molecule has 0 spiro atoms. The minimum Gasteiger partial charge on any atom is -0.192 e. The van der Waals surface area contributed by atoms with E-state index >= 15 is 0 Å². The Morgan fingerprint density at radius 1 is 1.56 bits per heavy atom. The molecule has 0 bridgehead atoms. The molecule has 0 fully saturated rings. The molecule has 80 valence electrons. The van der Waals surface area contributed by atoms with E-state index in [1.165, 1.54) is 0 Å². The molecule has 1 aromatic carbocycles. The fraction of sp³-hybridized carbons (Fsp3) is 0.250. The van der Waals surface area contributed by atoms with Gasteiger partial charge in [-0.2, -0.15) is 5.26 Å². The summed E-state index contributed by atoms with van der Waals surface area (Å²) in [4.78, 5) is 2.66. The molecule has 4 nitrogen and oxygen atoms in total. The molecule has 0 unspecified atom stereocenters. The first kappa shape index (κ1) is 11.8. The van der Waals surface area contributed by atoms with Crippen LogP contribution in [0.3, 0.4) is 0 Å². The second-order valence-electron chi connectivity index (χ2n) is 3.35. The number of nitriles is 1. The molecule has 1 aromatic rings. The Bertz CT molecular complexity index is 476. The van der Waals surface area contributed by atoms with Gasteiger partial charge in [-0.1, -0.05) is 29.4 Å². The summed E-state index contributed by atoms with van der Waals surface area (Å²) >= 11 is 0. The number of rotatable bonds is 4. The van der Waals surface area contributed by atoms with Crippen LogP contribution in [0.4, 0.5) is 0 Å². The van der Waals surface area contributed by atoms with Crippen molar-refractivity contribution in [3.63, 3.8) is 0 Å². The van der Waals surface area contributed by atoms with Gasteiger partial charge in [-0.3, -0.25) is 0 Å².